The van der Waals surface area contributed by atoms with E-state index in [2.05, 4.69) is 213 Å². The summed E-state index contributed by atoms with van der Waals surface area (Å²) in [5, 5.41) is 3.11. The molecule has 0 spiro atoms. The standard InChI is InChI=1S/C61H51NS/c1-61(2)55-32-9-6-23-49(55)53-30-15-27-47(59(53)61)43-21-12-22-45(39-43)62(44-37-35-41(36-38-44)48-28-16-31-54-51-25-8-11-34-57(51)63-60(48)54)56-33-10-7-24-50(56)52-29-14-20-42-19-13-26-46(58(42)52)40-17-4-3-5-18-40/h6-16,19-40,54,60H,3-5,17-18H2,1-2H3. The van der Waals surface area contributed by atoms with Gasteiger partial charge in [-0.3, -0.25) is 0 Å². The molecule has 4 aliphatic rings. The highest BCUT2D eigenvalue weighted by Crippen LogP contribution is 2.55. The zero-order chi connectivity index (χ0) is 42.1. The molecule has 0 aromatic heterocycles. The van der Waals surface area contributed by atoms with Crippen LogP contribution in [0.15, 0.2) is 199 Å². The van der Waals surface area contributed by atoms with Crippen molar-refractivity contribution in [2.45, 2.75) is 73.3 Å². The van der Waals surface area contributed by atoms with Crippen LogP contribution in [0.3, 0.4) is 0 Å². The maximum atomic E-state index is 2.52. The average Bonchev–Trinajstić information content (AvgIpc) is 3.84. The molecule has 2 unspecified atom stereocenters. The van der Waals surface area contributed by atoms with Crippen molar-refractivity contribution >= 4 is 45.2 Å². The summed E-state index contributed by atoms with van der Waals surface area (Å²) >= 11 is 2.01. The van der Waals surface area contributed by atoms with Gasteiger partial charge in [0, 0.05) is 38.4 Å². The minimum Gasteiger partial charge on any atom is -0.310 e. The van der Waals surface area contributed by atoms with Gasteiger partial charge in [0.25, 0.3) is 0 Å². The first kappa shape index (κ1) is 38.3. The first-order valence-electron chi connectivity index (χ1n) is 23.0. The van der Waals surface area contributed by atoms with E-state index in [0.717, 1.165) is 11.4 Å². The van der Waals surface area contributed by atoms with E-state index >= 15 is 0 Å². The smallest absolute Gasteiger partial charge is 0.0540 e. The average molecular weight is 830 g/mol. The molecule has 0 N–H and O–H groups in total. The second-order valence-corrected chi connectivity index (χ2v) is 19.7. The van der Waals surface area contributed by atoms with Gasteiger partial charge in [-0.05, 0) is 127 Å². The number of anilines is 3. The number of hydrogen-bond acceptors (Lipinski definition) is 2. The third-order valence-corrected chi connectivity index (χ3v) is 16.1. The highest BCUT2D eigenvalue weighted by Gasteiger charge is 2.38. The molecule has 1 aliphatic heterocycles. The summed E-state index contributed by atoms with van der Waals surface area (Å²) in [7, 11) is 0. The summed E-state index contributed by atoms with van der Waals surface area (Å²) < 4.78 is 0. The first-order chi connectivity index (χ1) is 31.0. The first-order valence-corrected chi connectivity index (χ1v) is 23.9. The molecule has 1 fully saturated rings. The minimum absolute atomic E-state index is 0.119. The molecule has 1 nitrogen and oxygen atoms in total. The predicted octanol–water partition coefficient (Wildman–Crippen LogP) is 17.2. The van der Waals surface area contributed by atoms with E-state index in [-0.39, 0.29) is 5.41 Å². The molecular formula is C61H51NS. The lowest BCUT2D eigenvalue weighted by Gasteiger charge is -2.30. The lowest BCUT2D eigenvalue weighted by Crippen LogP contribution is -2.16. The van der Waals surface area contributed by atoms with Gasteiger partial charge in [-0.15, -0.1) is 11.8 Å². The van der Waals surface area contributed by atoms with E-state index in [1.165, 1.54) is 120 Å². The summed E-state index contributed by atoms with van der Waals surface area (Å²) in [4.78, 5) is 3.92. The highest BCUT2D eigenvalue weighted by atomic mass is 32.2. The summed E-state index contributed by atoms with van der Waals surface area (Å²) in [5.74, 6) is 0.988. The predicted molar refractivity (Wildman–Crippen MR) is 269 cm³/mol. The van der Waals surface area contributed by atoms with Crippen molar-refractivity contribution in [2.75, 3.05) is 4.90 Å². The molecule has 63 heavy (non-hydrogen) atoms. The van der Waals surface area contributed by atoms with Crippen LogP contribution in [0, 0.1) is 0 Å². The van der Waals surface area contributed by atoms with E-state index in [1.54, 1.807) is 0 Å². The lowest BCUT2D eigenvalue weighted by molar-refractivity contribution is 0.445. The van der Waals surface area contributed by atoms with Gasteiger partial charge in [-0.1, -0.05) is 191 Å². The van der Waals surface area contributed by atoms with Gasteiger partial charge in [0.1, 0.15) is 0 Å². The second-order valence-electron chi connectivity index (χ2n) is 18.5. The fraction of sp³-hybridized carbons (Fsp3) is 0.180. The molecule has 1 heterocycles. The number of fused-ring (bicyclic) bond motifs is 7. The number of allylic oxidation sites excluding steroid dienone is 3. The highest BCUT2D eigenvalue weighted by molar-refractivity contribution is 8.00. The van der Waals surface area contributed by atoms with Crippen molar-refractivity contribution < 1.29 is 0 Å². The maximum absolute atomic E-state index is 2.52. The molecule has 0 bridgehead atoms. The van der Waals surface area contributed by atoms with E-state index in [4.69, 9.17) is 0 Å². The Morgan fingerprint density at radius 3 is 2.10 bits per heavy atom. The molecule has 3 aliphatic carbocycles. The quantitative estimate of drug-likeness (QED) is 0.157. The van der Waals surface area contributed by atoms with Gasteiger partial charge in [-0.25, -0.2) is 0 Å². The summed E-state index contributed by atoms with van der Waals surface area (Å²) in [5.41, 5.74) is 19.6. The number of hydrogen-bond donors (Lipinski definition) is 0. The third-order valence-electron chi connectivity index (χ3n) is 14.6. The molecule has 2 heteroatoms. The van der Waals surface area contributed by atoms with E-state index in [9.17, 15) is 0 Å². The van der Waals surface area contributed by atoms with E-state index < -0.39 is 0 Å². The maximum Gasteiger partial charge on any atom is 0.0540 e. The zero-order valence-electron chi connectivity index (χ0n) is 36.1. The van der Waals surface area contributed by atoms with Crippen molar-refractivity contribution in [3.63, 3.8) is 0 Å². The van der Waals surface area contributed by atoms with Crippen molar-refractivity contribution in [2.24, 2.45) is 0 Å². The van der Waals surface area contributed by atoms with E-state index in [1.807, 2.05) is 11.8 Å². The Morgan fingerprint density at radius 1 is 0.540 bits per heavy atom. The number of benzene rings is 8. The number of nitrogens with zero attached hydrogens (tertiary/aromatic N) is 1. The van der Waals surface area contributed by atoms with Crippen LogP contribution in [0.2, 0.25) is 0 Å². The molecule has 12 rings (SSSR count). The van der Waals surface area contributed by atoms with Gasteiger partial charge in [0.15, 0.2) is 0 Å². The van der Waals surface area contributed by atoms with Gasteiger partial charge < -0.3 is 4.90 Å². The largest absolute Gasteiger partial charge is 0.310 e. The van der Waals surface area contributed by atoms with Crippen LogP contribution < -0.4 is 4.90 Å². The van der Waals surface area contributed by atoms with Gasteiger partial charge in [0.05, 0.1) is 5.69 Å². The molecule has 8 aromatic rings. The molecule has 1 saturated carbocycles. The van der Waals surface area contributed by atoms with E-state index in [0.29, 0.717) is 17.1 Å². The Hall–Kier alpha value is -6.35. The van der Waals surface area contributed by atoms with Crippen LogP contribution in [0.25, 0.3) is 49.7 Å². The van der Waals surface area contributed by atoms with Crippen LogP contribution in [-0.4, -0.2) is 5.25 Å². The second kappa shape index (κ2) is 15.5. The van der Waals surface area contributed by atoms with Crippen molar-refractivity contribution in [1.82, 2.24) is 0 Å². The summed E-state index contributed by atoms with van der Waals surface area (Å²) in [6, 6.07) is 66.7. The van der Waals surface area contributed by atoms with Crippen molar-refractivity contribution in [1.29, 1.82) is 0 Å². The Morgan fingerprint density at radius 2 is 1.22 bits per heavy atom. The van der Waals surface area contributed by atoms with Gasteiger partial charge in [-0.2, -0.15) is 0 Å². The van der Waals surface area contributed by atoms with Crippen LogP contribution in [0.4, 0.5) is 17.1 Å². The van der Waals surface area contributed by atoms with Gasteiger partial charge in [0.2, 0.25) is 0 Å². The molecule has 0 saturated heterocycles. The normalized spacial score (nSPS) is 18.3. The molecule has 306 valence electrons. The van der Waals surface area contributed by atoms with Crippen molar-refractivity contribution in [3.8, 4) is 33.4 Å². The van der Waals surface area contributed by atoms with Crippen LogP contribution in [-0.2, 0) is 5.41 Å². The van der Waals surface area contributed by atoms with Gasteiger partial charge >= 0.3 is 0 Å². The fourth-order valence-corrected chi connectivity index (χ4v) is 13.2. The molecule has 8 aromatic carbocycles. The summed E-state index contributed by atoms with van der Waals surface area (Å²) in [6.07, 6.45) is 13.5. The molecular weight excluding hydrogens is 779 g/mol. The van der Waals surface area contributed by atoms with Crippen LogP contribution >= 0.6 is 11.8 Å². The SMILES string of the molecule is CC1(C)c2ccccc2-c2cccc(-c3cccc(N(c4ccc(C5=CC=CC6c7ccccc7SC56)cc4)c4ccccc4-c4cccc5cccc(C6CCCCC6)c45)c3)c21. The Balaban J connectivity index is 1.02. The minimum atomic E-state index is -0.119. The summed E-state index contributed by atoms with van der Waals surface area (Å²) in [6.45, 7) is 4.78. The fourth-order valence-electron chi connectivity index (χ4n) is 11.7. The monoisotopic (exact) mass is 829 g/mol. The topological polar surface area (TPSA) is 3.24 Å². The van der Waals surface area contributed by atoms with Crippen LogP contribution in [0.5, 0.6) is 0 Å². The number of para-hydroxylation sites is 1. The Kier molecular flexibility index (Phi) is 9.41. The zero-order valence-corrected chi connectivity index (χ0v) is 36.9. The molecule has 0 radical (unpaired) electrons. The number of rotatable bonds is 7. The lowest BCUT2D eigenvalue weighted by atomic mass is 9.79. The van der Waals surface area contributed by atoms with Crippen LogP contribution in [0.1, 0.15) is 85.6 Å². The van der Waals surface area contributed by atoms with Crippen molar-refractivity contribution in [3.05, 3.63) is 222 Å². The Bertz CT molecular complexity index is 3120. The Labute approximate surface area is 376 Å². The molecule has 0 amide bonds. The third kappa shape index (κ3) is 6.36. The molecule has 2 atom stereocenters. The number of thioether (sulfide) groups is 1.